The molecule has 3 aromatic rings. The standard InChI is InChI=1S/C31H35N3O8/c1-31(2,3)42-28(36)32-25(24-18-12-7-13-19-24)26(27(35)39-4)34(30(38)41-21-23-16-10-6-11-17-23)33-29(37)40-20-22-14-8-5-9-15-22/h5-19,25-26H,20-21H2,1-4H3,(H,32,36)(H,33,37)/t25-,26+/m0/s1. The molecule has 42 heavy (non-hydrogen) atoms. The second kappa shape index (κ2) is 15.1. The molecule has 11 heteroatoms. The molecule has 0 spiro atoms. The molecule has 3 rings (SSSR count). The molecular weight excluding hydrogens is 542 g/mol. The quantitative estimate of drug-likeness (QED) is 0.200. The Labute approximate surface area is 244 Å². The summed E-state index contributed by atoms with van der Waals surface area (Å²) in [5.41, 5.74) is 3.23. The maximum absolute atomic E-state index is 13.5. The number of benzene rings is 3. The second-order valence-corrected chi connectivity index (χ2v) is 10.1. The molecule has 0 aromatic heterocycles. The van der Waals surface area contributed by atoms with E-state index in [-0.39, 0.29) is 13.2 Å². The Morgan fingerprint density at radius 3 is 1.74 bits per heavy atom. The van der Waals surface area contributed by atoms with Crippen molar-refractivity contribution in [3.8, 4) is 0 Å². The molecule has 0 aliphatic rings. The number of methoxy groups -OCH3 is 1. The number of rotatable bonds is 9. The summed E-state index contributed by atoms with van der Waals surface area (Å²) in [6.45, 7) is 4.76. The molecule has 0 aliphatic heterocycles. The Hall–Kier alpha value is -5.06. The van der Waals surface area contributed by atoms with E-state index >= 15 is 0 Å². The molecule has 0 aliphatic carbocycles. The highest BCUT2D eigenvalue weighted by molar-refractivity contribution is 5.85. The average molecular weight is 578 g/mol. The Kier molecular flexibility index (Phi) is 11.3. The predicted octanol–water partition coefficient (Wildman–Crippen LogP) is 5.27. The lowest BCUT2D eigenvalue weighted by molar-refractivity contribution is -0.148. The summed E-state index contributed by atoms with van der Waals surface area (Å²) in [7, 11) is 1.12. The van der Waals surface area contributed by atoms with Crippen molar-refractivity contribution in [3.63, 3.8) is 0 Å². The van der Waals surface area contributed by atoms with Crippen LogP contribution in [0.2, 0.25) is 0 Å². The minimum Gasteiger partial charge on any atom is -0.467 e. The summed E-state index contributed by atoms with van der Waals surface area (Å²) in [6, 6.07) is 23.2. The smallest absolute Gasteiger partial charge is 0.430 e. The number of ether oxygens (including phenoxy) is 4. The highest BCUT2D eigenvalue weighted by Crippen LogP contribution is 2.24. The van der Waals surface area contributed by atoms with Crippen LogP contribution in [0.25, 0.3) is 0 Å². The predicted molar refractivity (Wildman–Crippen MR) is 153 cm³/mol. The topological polar surface area (TPSA) is 132 Å². The van der Waals surface area contributed by atoms with Gasteiger partial charge in [0.1, 0.15) is 18.8 Å². The number of carbonyl (C=O) groups excluding carboxylic acids is 4. The van der Waals surface area contributed by atoms with Crippen LogP contribution < -0.4 is 10.7 Å². The molecule has 0 unspecified atom stereocenters. The highest BCUT2D eigenvalue weighted by Gasteiger charge is 2.42. The molecule has 11 nitrogen and oxygen atoms in total. The fourth-order valence-electron chi connectivity index (χ4n) is 3.82. The molecule has 0 saturated heterocycles. The van der Waals surface area contributed by atoms with Gasteiger partial charge in [-0.25, -0.2) is 24.6 Å². The van der Waals surface area contributed by atoms with Crippen LogP contribution >= 0.6 is 0 Å². The zero-order valence-electron chi connectivity index (χ0n) is 23.9. The summed E-state index contributed by atoms with van der Waals surface area (Å²) in [4.78, 5) is 52.7. The number of nitrogens with one attached hydrogen (secondary N) is 2. The van der Waals surface area contributed by atoms with Crippen LogP contribution in [0.3, 0.4) is 0 Å². The van der Waals surface area contributed by atoms with Crippen LogP contribution in [0, 0.1) is 0 Å². The molecule has 0 bridgehead atoms. The van der Waals surface area contributed by atoms with E-state index in [1.165, 1.54) is 0 Å². The zero-order chi connectivity index (χ0) is 30.5. The van der Waals surface area contributed by atoms with Gasteiger partial charge >= 0.3 is 24.2 Å². The Balaban J connectivity index is 1.97. The molecule has 3 aromatic carbocycles. The minimum absolute atomic E-state index is 0.110. The first-order valence-electron chi connectivity index (χ1n) is 13.2. The summed E-state index contributed by atoms with van der Waals surface area (Å²) in [5.74, 6) is -0.958. The number of esters is 1. The molecular formula is C31H35N3O8. The van der Waals surface area contributed by atoms with Crippen molar-refractivity contribution in [1.82, 2.24) is 15.8 Å². The maximum atomic E-state index is 13.5. The second-order valence-electron chi connectivity index (χ2n) is 10.1. The lowest BCUT2D eigenvalue weighted by Crippen LogP contribution is -2.60. The third-order valence-electron chi connectivity index (χ3n) is 5.69. The SMILES string of the molecule is COC(=O)[C@@H]([C@@H](NC(=O)OC(C)(C)C)c1ccccc1)N(NC(=O)OCc1ccccc1)C(=O)OCc1ccccc1. The van der Waals surface area contributed by atoms with Crippen LogP contribution in [0.15, 0.2) is 91.0 Å². The van der Waals surface area contributed by atoms with Crippen molar-refractivity contribution >= 4 is 24.2 Å². The molecule has 222 valence electrons. The first-order chi connectivity index (χ1) is 20.1. The van der Waals surface area contributed by atoms with Gasteiger partial charge < -0.3 is 24.3 Å². The number of alkyl carbamates (subject to hydrolysis) is 1. The van der Waals surface area contributed by atoms with Gasteiger partial charge in [0, 0.05) is 0 Å². The highest BCUT2D eigenvalue weighted by atomic mass is 16.6. The third-order valence-corrected chi connectivity index (χ3v) is 5.69. The molecule has 0 fully saturated rings. The van der Waals surface area contributed by atoms with Crippen molar-refractivity contribution in [2.45, 2.75) is 51.7 Å². The van der Waals surface area contributed by atoms with Crippen molar-refractivity contribution < 1.29 is 38.1 Å². The molecule has 3 amide bonds. The molecule has 2 N–H and O–H groups in total. The van der Waals surface area contributed by atoms with Gasteiger partial charge in [-0.15, -0.1) is 0 Å². The largest absolute Gasteiger partial charge is 0.467 e. The fraction of sp³-hybridized carbons (Fsp3) is 0.290. The van der Waals surface area contributed by atoms with Crippen molar-refractivity contribution in [2.24, 2.45) is 0 Å². The van der Waals surface area contributed by atoms with Crippen LogP contribution in [0.1, 0.15) is 43.5 Å². The van der Waals surface area contributed by atoms with Crippen LogP contribution in [0.4, 0.5) is 14.4 Å². The van der Waals surface area contributed by atoms with Crippen molar-refractivity contribution in [1.29, 1.82) is 0 Å². The number of hydrazine groups is 1. The van der Waals surface area contributed by atoms with E-state index in [2.05, 4.69) is 10.7 Å². The third kappa shape index (κ3) is 9.84. The summed E-state index contributed by atoms with van der Waals surface area (Å²) in [5, 5.41) is 3.29. The summed E-state index contributed by atoms with van der Waals surface area (Å²) < 4.78 is 21.2. The maximum Gasteiger partial charge on any atom is 0.430 e. The van der Waals surface area contributed by atoms with Gasteiger partial charge in [-0.1, -0.05) is 91.0 Å². The normalized spacial score (nSPS) is 12.2. The summed E-state index contributed by atoms with van der Waals surface area (Å²) >= 11 is 0. The summed E-state index contributed by atoms with van der Waals surface area (Å²) in [6.07, 6.45) is -3.01. The Morgan fingerprint density at radius 1 is 0.738 bits per heavy atom. The van der Waals surface area contributed by atoms with Crippen LogP contribution in [-0.2, 0) is 37.0 Å². The van der Waals surface area contributed by atoms with E-state index in [4.69, 9.17) is 18.9 Å². The number of hydrogen-bond acceptors (Lipinski definition) is 8. The van der Waals surface area contributed by atoms with Crippen LogP contribution in [0.5, 0.6) is 0 Å². The molecule has 0 heterocycles. The lowest BCUT2D eigenvalue weighted by atomic mass is 9.99. The molecule has 2 atom stereocenters. The van der Waals surface area contributed by atoms with E-state index in [0.29, 0.717) is 21.7 Å². The van der Waals surface area contributed by atoms with Gasteiger partial charge in [0.2, 0.25) is 0 Å². The Bertz CT molecular complexity index is 1310. The van der Waals surface area contributed by atoms with Gasteiger partial charge in [0.25, 0.3) is 0 Å². The van der Waals surface area contributed by atoms with E-state index in [9.17, 15) is 19.2 Å². The van der Waals surface area contributed by atoms with Gasteiger partial charge in [-0.2, -0.15) is 5.01 Å². The number of nitrogens with zero attached hydrogens (tertiary/aromatic N) is 1. The van der Waals surface area contributed by atoms with Gasteiger partial charge in [0.15, 0.2) is 6.04 Å². The van der Waals surface area contributed by atoms with Gasteiger partial charge in [0.05, 0.1) is 13.2 Å². The van der Waals surface area contributed by atoms with Gasteiger partial charge in [-0.3, -0.25) is 0 Å². The van der Waals surface area contributed by atoms with E-state index in [1.54, 1.807) is 99.6 Å². The average Bonchev–Trinajstić information content (AvgIpc) is 2.98. The minimum atomic E-state index is -1.64. The van der Waals surface area contributed by atoms with E-state index in [0.717, 1.165) is 7.11 Å². The van der Waals surface area contributed by atoms with E-state index in [1.807, 2.05) is 12.1 Å². The number of amides is 3. The first kappa shape index (κ1) is 31.5. The van der Waals surface area contributed by atoms with Crippen molar-refractivity contribution in [3.05, 3.63) is 108 Å². The molecule has 0 radical (unpaired) electrons. The number of hydrogen-bond donors (Lipinski definition) is 2. The van der Waals surface area contributed by atoms with Crippen LogP contribution in [-0.4, -0.2) is 48.0 Å². The monoisotopic (exact) mass is 577 g/mol. The molecule has 0 saturated carbocycles. The first-order valence-corrected chi connectivity index (χ1v) is 13.2. The zero-order valence-corrected chi connectivity index (χ0v) is 23.9. The van der Waals surface area contributed by atoms with E-state index < -0.39 is 41.9 Å². The Morgan fingerprint density at radius 2 is 1.24 bits per heavy atom. The lowest BCUT2D eigenvalue weighted by Gasteiger charge is -2.34. The van der Waals surface area contributed by atoms with Gasteiger partial charge in [-0.05, 0) is 37.5 Å². The number of carbonyl (C=O) groups is 4. The fourth-order valence-corrected chi connectivity index (χ4v) is 3.82. The van der Waals surface area contributed by atoms with Crippen molar-refractivity contribution in [2.75, 3.05) is 7.11 Å².